The Labute approximate surface area is 245 Å². The Kier molecular flexibility index (Phi) is 28.7. The van der Waals surface area contributed by atoms with Crippen molar-refractivity contribution in [1.82, 2.24) is 15.2 Å². The third-order valence-electron chi connectivity index (χ3n) is 5.32. The summed E-state index contributed by atoms with van der Waals surface area (Å²) in [5.74, 6) is 0. The molecule has 0 aliphatic carbocycles. The molecular formula is C30H52N4O5S. The van der Waals surface area contributed by atoms with Gasteiger partial charge in [0.05, 0.1) is 16.1 Å². The number of likely N-dealkylation sites (tertiary alicyclic amines) is 1. The van der Waals surface area contributed by atoms with E-state index in [0.29, 0.717) is 19.3 Å². The van der Waals surface area contributed by atoms with Crippen LogP contribution in [0.25, 0.3) is 10.4 Å². The average Bonchev–Trinajstić information content (AvgIpc) is 3.54. The van der Waals surface area contributed by atoms with Crippen LogP contribution >= 0.6 is 11.3 Å². The van der Waals surface area contributed by atoms with Crippen LogP contribution in [0.5, 0.6) is 0 Å². The van der Waals surface area contributed by atoms with Gasteiger partial charge in [-0.25, -0.2) is 4.98 Å². The van der Waals surface area contributed by atoms with Gasteiger partial charge in [-0.1, -0.05) is 52.0 Å². The van der Waals surface area contributed by atoms with Gasteiger partial charge in [0.1, 0.15) is 12.6 Å². The number of aromatic nitrogens is 1. The molecule has 1 aromatic heterocycles. The summed E-state index contributed by atoms with van der Waals surface area (Å²) in [7, 11) is 4.81. The first kappa shape index (κ1) is 41.5. The molecule has 1 atom stereocenters. The average molecular weight is 581 g/mol. The first-order valence-corrected chi connectivity index (χ1v) is 14.2. The Morgan fingerprint density at radius 1 is 1.12 bits per heavy atom. The maximum Gasteiger partial charge on any atom is 0.206 e. The molecule has 1 aliphatic rings. The van der Waals surface area contributed by atoms with Gasteiger partial charge in [-0.05, 0) is 62.7 Å². The number of likely N-dealkylation sites (N-methyl/N-ethyl adjacent to an activating group) is 1. The number of hydrogen-bond donors (Lipinski definition) is 3. The minimum Gasteiger partial charge on any atom is -0.400 e. The maximum absolute atomic E-state index is 9.82. The molecule has 1 unspecified atom stereocenters. The Hall–Kier alpha value is -2.95. The molecule has 4 N–H and O–H groups in total. The summed E-state index contributed by atoms with van der Waals surface area (Å²) in [6, 6.07) is 9.77. The Morgan fingerprint density at radius 3 is 1.95 bits per heavy atom. The number of nitrogens with two attached hydrogens (primary N) is 1. The lowest BCUT2D eigenvalue weighted by Gasteiger charge is -2.19. The molecule has 1 aliphatic heterocycles. The largest absolute Gasteiger partial charge is 0.400 e. The monoisotopic (exact) mass is 580 g/mol. The molecule has 0 radical (unpaired) electrons. The minimum atomic E-state index is 0.182. The topological polar surface area (TPSA) is 143 Å². The van der Waals surface area contributed by atoms with E-state index < -0.39 is 0 Å². The van der Waals surface area contributed by atoms with Gasteiger partial charge in [0, 0.05) is 33.0 Å². The van der Waals surface area contributed by atoms with E-state index in [-0.39, 0.29) is 11.8 Å². The number of aliphatic hydroxyl groups is 1. The Morgan fingerprint density at radius 2 is 1.68 bits per heavy atom. The van der Waals surface area contributed by atoms with Crippen LogP contribution in [-0.4, -0.2) is 74.2 Å². The lowest BCUT2D eigenvalue weighted by atomic mass is 9.93. The predicted molar refractivity (Wildman–Crippen MR) is 166 cm³/mol. The highest BCUT2D eigenvalue weighted by atomic mass is 32.1. The molecule has 228 valence electrons. The van der Waals surface area contributed by atoms with Gasteiger partial charge < -0.3 is 30.6 Å². The number of carbonyl (C=O) groups is 4. The van der Waals surface area contributed by atoms with Gasteiger partial charge in [-0.3, -0.25) is 9.59 Å². The maximum atomic E-state index is 9.82. The third kappa shape index (κ3) is 23.0. The van der Waals surface area contributed by atoms with Gasteiger partial charge in [-0.15, -0.1) is 11.3 Å². The van der Waals surface area contributed by atoms with Crippen LogP contribution in [0.3, 0.4) is 0 Å². The van der Waals surface area contributed by atoms with Crippen LogP contribution < -0.4 is 11.1 Å². The number of nitrogens with zero attached hydrogens (tertiary/aromatic N) is 2. The van der Waals surface area contributed by atoms with Crippen molar-refractivity contribution in [3.63, 3.8) is 0 Å². The number of aliphatic hydroxyl groups excluding tert-OH is 1. The molecule has 2 heterocycles. The highest BCUT2D eigenvalue weighted by Gasteiger charge is 2.20. The van der Waals surface area contributed by atoms with Gasteiger partial charge >= 0.3 is 0 Å². The zero-order valence-electron chi connectivity index (χ0n) is 25.7. The molecule has 3 rings (SSSR count). The number of primary amides is 1. The summed E-state index contributed by atoms with van der Waals surface area (Å²) in [6.07, 6.45) is 8.97. The van der Waals surface area contributed by atoms with E-state index in [4.69, 9.17) is 14.7 Å². The van der Waals surface area contributed by atoms with Crippen LogP contribution in [0.1, 0.15) is 71.1 Å². The fourth-order valence-corrected chi connectivity index (χ4v) is 4.06. The van der Waals surface area contributed by atoms with Crippen molar-refractivity contribution in [1.29, 1.82) is 0 Å². The van der Waals surface area contributed by atoms with Crippen LogP contribution in [-0.2, 0) is 25.6 Å². The second-order valence-electron chi connectivity index (χ2n) is 9.87. The van der Waals surface area contributed by atoms with Crippen molar-refractivity contribution < 1.29 is 24.3 Å². The Bertz CT molecular complexity index is 883. The van der Waals surface area contributed by atoms with Crippen LogP contribution in [0, 0.1) is 12.3 Å². The number of unbranched alkanes of at least 4 members (excludes halogenated alkanes) is 1. The fourth-order valence-electron chi connectivity index (χ4n) is 3.25. The number of thiazole rings is 1. The number of aryl methyl sites for hydroxylation is 1. The van der Waals surface area contributed by atoms with Crippen molar-refractivity contribution in [3.8, 4) is 10.4 Å². The summed E-state index contributed by atoms with van der Waals surface area (Å²) in [5.41, 5.74) is 10.1. The van der Waals surface area contributed by atoms with Crippen molar-refractivity contribution in [2.24, 2.45) is 11.1 Å². The number of amides is 2. The lowest BCUT2D eigenvalue weighted by molar-refractivity contribution is -0.110. The Balaban J connectivity index is -0.000000540. The molecule has 40 heavy (non-hydrogen) atoms. The van der Waals surface area contributed by atoms with E-state index in [2.05, 4.69) is 59.2 Å². The molecule has 2 aromatic rings. The van der Waals surface area contributed by atoms with E-state index in [1.165, 1.54) is 41.8 Å². The van der Waals surface area contributed by atoms with E-state index in [0.717, 1.165) is 37.8 Å². The SMILES string of the molecule is CC(C)(C)CC=O.CCCC=O.CNC=O.CO.Cc1ncsc1-c1ccc(CC2CCCN2C)cc1.NC=O. The van der Waals surface area contributed by atoms with E-state index in [1.54, 1.807) is 18.4 Å². The molecule has 10 heteroatoms. The summed E-state index contributed by atoms with van der Waals surface area (Å²) in [5, 5.41) is 9.25. The van der Waals surface area contributed by atoms with Gasteiger partial charge in [-0.2, -0.15) is 0 Å². The second-order valence-corrected chi connectivity index (χ2v) is 10.7. The molecule has 0 saturated carbocycles. The number of rotatable bonds is 7. The fraction of sp³-hybridized carbons (Fsp3) is 0.567. The molecule has 0 spiro atoms. The highest BCUT2D eigenvalue weighted by molar-refractivity contribution is 7.13. The standard InChI is InChI=1S/C16H20N2S.C6H12O.C4H8O.C2H5NO.CH3NO.CH4O/c1-12-16(19-11-17-12)14-7-5-13(6-8-14)10-15-4-3-9-18(15)2;1-6(2,3)4-5-7;1-2-3-4-5;1-3-2-4;2-1-3;1-2/h5-8,11,15H,3-4,9-10H2,1-2H3;5H,4H2,1-3H3;4H,2-3H2,1H3;2H,1H3,(H,3,4);1H,(H2,2,3);2H,1H3. The minimum absolute atomic E-state index is 0.182. The quantitative estimate of drug-likeness (QED) is 0.411. The lowest BCUT2D eigenvalue weighted by Crippen LogP contribution is -2.26. The number of nitrogens with one attached hydrogen (secondary N) is 1. The van der Waals surface area contributed by atoms with Gasteiger partial charge in [0.15, 0.2) is 0 Å². The van der Waals surface area contributed by atoms with Crippen molar-refractivity contribution in [3.05, 3.63) is 41.0 Å². The van der Waals surface area contributed by atoms with Gasteiger partial charge in [0.25, 0.3) is 0 Å². The normalized spacial score (nSPS) is 13.4. The zero-order chi connectivity index (χ0) is 31.4. The van der Waals surface area contributed by atoms with Crippen LogP contribution in [0.4, 0.5) is 0 Å². The number of benzene rings is 1. The molecule has 2 amide bonds. The first-order valence-electron chi connectivity index (χ1n) is 13.3. The van der Waals surface area contributed by atoms with Crippen molar-refractivity contribution >= 4 is 36.7 Å². The summed E-state index contributed by atoms with van der Waals surface area (Å²) in [6.45, 7) is 11.4. The smallest absolute Gasteiger partial charge is 0.206 e. The molecule has 1 aromatic carbocycles. The predicted octanol–water partition coefficient (Wildman–Crippen LogP) is 4.43. The number of carbonyl (C=O) groups excluding carboxylic acids is 4. The number of aldehydes is 2. The molecule has 0 bridgehead atoms. The van der Waals surface area contributed by atoms with Gasteiger partial charge in [0.2, 0.25) is 12.8 Å². The molecule has 1 saturated heterocycles. The molecule has 9 nitrogen and oxygen atoms in total. The van der Waals surface area contributed by atoms with Crippen LogP contribution in [0.2, 0.25) is 0 Å². The second kappa shape index (κ2) is 27.6. The third-order valence-corrected chi connectivity index (χ3v) is 6.30. The summed E-state index contributed by atoms with van der Waals surface area (Å²) in [4.78, 5) is 45.0. The molecule has 1 fully saturated rings. The first-order chi connectivity index (χ1) is 19.0. The van der Waals surface area contributed by atoms with E-state index >= 15 is 0 Å². The van der Waals surface area contributed by atoms with Crippen molar-refractivity contribution in [2.45, 2.75) is 79.2 Å². The molecular weight excluding hydrogens is 528 g/mol. The zero-order valence-corrected chi connectivity index (χ0v) is 26.5. The van der Waals surface area contributed by atoms with E-state index in [9.17, 15) is 9.59 Å². The summed E-state index contributed by atoms with van der Waals surface area (Å²) < 4.78 is 0. The summed E-state index contributed by atoms with van der Waals surface area (Å²) >= 11 is 1.72. The van der Waals surface area contributed by atoms with Crippen LogP contribution in [0.15, 0.2) is 29.8 Å². The van der Waals surface area contributed by atoms with Crippen molar-refractivity contribution in [2.75, 3.05) is 27.7 Å². The van der Waals surface area contributed by atoms with E-state index in [1.807, 2.05) is 33.2 Å². The number of hydrogen-bond acceptors (Lipinski definition) is 8. The highest BCUT2D eigenvalue weighted by Crippen LogP contribution is 2.28.